The summed E-state index contributed by atoms with van der Waals surface area (Å²) in [6, 6.07) is 8.16. The number of nitrogens with zero attached hydrogens (tertiary/aromatic N) is 1. The molecule has 0 spiro atoms. The summed E-state index contributed by atoms with van der Waals surface area (Å²) < 4.78 is 5.28. The molecule has 1 saturated heterocycles. The maximum atomic E-state index is 8.12. The van der Waals surface area contributed by atoms with Crippen molar-refractivity contribution in [2.45, 2.75) is 4.90 Å². The highest BCUT2D eigenvalue weighted by atomic mass is 32.2. The zero-order chi connectivity index (χ0) is 11.4. The van der Waals surface area contributed by atoms with E-state index in [4.69, 9.17) is 10.1 Å². The highest BCUT2D eigenvalue weighted by molar-refractivity contribution is 7.98. The van der Waals surface area contributed by atoms with Crippen molar-refractivity contribution in [3.05, 3.63) is 29.8 Å². The first-order chi connectivity index (χ1) is 7.81. The molecule has 0 radical (unpaired) electrons. The smallest absolute Gasteiger partial charge is 0.128 e. The second-order valence-corrected chi connectivity index (χ2v) is 4.56. The van der Waals surface area contributed by atoms with Gasteiger partial charge in [-0.2, -0.15) is 0 Å². The lowest BCUT2D eigenvalue weighted by atomic mass is 10.2. The van der Waals surface area contributed by atoms with Crippen molar-refractivity contribution >= 4 is 17.6 Å². The SMILES string of the molecule is CSc1ccc(C(=N)N2CCOCC2)cc1. The Hall–Kier alpha value is -1.00. The summed E-state index contributed by atoms with van der Waals surface area (Å²) in [5.74, 6) is 0.607. The molecule has 0 bridgehead atoms. The van der Waals surface area contributed by atoms with E-state index >= 15 is 0 Å². The van der Waals surface area contributed by atoms with Crippen LogP contribution in [0.15, 0.2) is 29.2 Å². The second-order valence-electron chi connectivity index (χ2n) is 3.68. The van der Waals surface area contributed by atoms with Crippen LogP contribution in [0.4, 0.5) is 0 Å². The lowest BCUT2D eigenvalue weighted by molar-refractivity contribution is 0.0680. The molecule has 0 aliphatic carbocycles. The molecule has 1 aromatic rings. The summed E-state index contributed by atoms with van der Waals surface area (Å²) >= 11 is 1.72. The zero-order valence-corrected chi connectivity index (χ0v) is 10.2. The second kappa shape index (κ2) is 5.37. The van der Waals surface area contributed by atoms with Gasteiger partial charge in [-0.15, -0.1) is 11.8 Å². The van der Waals surface area contributed by atoms with Gasteiger partial charge in [-0.1, -0.05) is 12.1 Å². The molecule has 0 atom stereocenters. The fourth-order valence-electron chi connectivity index (χ4n) is 1.72. The van der Waals surface area contributed by atoms with E-state index in [-0.39, 0.29) is 0 Å². The maximum absolute atomic E-state index is 8.12. The van der Waals surface area contributed by atoms with Crippen LogP contribution in [0.25, 0.3) is 0 Å². The number of morpholine rings is 1. The van der Waals surface area contributed by atoms with Gasteiger partial charge in [0.1, 0.15) is 5.84 Å². The predicted molar refractivity (Wildman–Crippen MR) is 67.4 cm³/mol. The third-order valence-electron chi connectivity index (χ3n) is 2.69. The minimum Gasteiger partial charge on any atom is -0.378 e. The molecule has 2 rings (SSSR count). The van der Waals surface area contributed by atoms with Crippen molar-refractivity contribution < 1.29 is 4.74 Å². The summed E-state index contributed by atoms with van der Waals surface area (Å²) in [6.07, 6.45) is 2.06. The molecule has 1 N–H and O–H groups in total. The average Bonchev–Trinajstić information content (AvgIpc) is 2.39. The number of amidine groups is 1. The third kappa shape index (κ3) is 2.57. The Bertz CT molecular complexity index is 358. The Kier molecular flexibility index (Phi) is 3.85. The van der Waals surface area contributed by atoms with Crippen molar-refractivity contribution in [2.75, 3.05) is 32.6 Å². The Morgan fingerprint density at radius 1 is 1.25 bits per heavy atom. The van der Waals surface area contributed by atoms with Crippen molar-refractivity contribution in [2.24, 2.45) is 0 Å². The van der Waals surface area contributed by atoms with Crippen molar-refractivity contribution in [3.8, 4) is 0 Å². The van der Waals surface area contributed by atoms with Crippen molar-refractivity contribution in [1.82, 2.24) is 4.90 Å². The first-order valence-electron chi connectivity index (χ1n) is 5.37. The van der Waals surface area contributed by atoms with Crippen LogP contribution < -0.4 is 0 Å². The normalized spacial score (nSPS) is 16.2. The lowest BCUT2D eigenvalue weighted by Gasteiger charge is -2.29. The van der Waals surface area contributed by atoms with E-state index in [0.29, 0.717) is 5.84 Å². The number of ether oxygens (including phenoxy) is 1. The van der Waals surface area contributed by atoms with Gasteiger partial charge in [-0.25, -0.2) is 0 Å². The van der Waals surface area contributed by atoms with E-state index in [9.17, 15) is 0 Å². The topological polar surface area (TPSA) is 36.3 Å². The predicted octanol–water partition coefficient (Wildman–Crippen LogP) is 2.07. The van der Waals surface area contributed by atoms with Crippen LogP contribution >= 0.6 is 11.8 Å². The van der Waals surface area contributed by atoms with Gasteiger partial charge in [-0.3, -0.25) is 5.41 Å². The number of benzene rings is 1. The molecule has 3 nitrogen and oxygen atoms in total. The molecule has 0 unspecified atom stereocenters. The van der Waals surface area contributed by atoms with Gasteiger partial charge in [0, 0.05) is 23.5 Å². The first-order valence-corrected chi connectivity index (χ1v) is 6.59. The van der Waals surface area contributed by atoms with Crippen molar-refractivity contribution in [3.63, 3.8) is 0 Å². The highest BCUT2D eigenvalue weighted by Gasteiger charge is 2.14. The van der Waals surface area contributed by atoms with Crippen molar-refractivity contribution in [1.29, 1.82) is 5.41 Å². The highest BCUT2D eigenvalue weighted by Crippen LogP contribution is 2.16. The van der Waals surface area contributed by atoms with Gasteiger partial charge in [0.2, 0.25) is 0 Å². The summed E-state index contributed by atoms with van der Waals surface area (Å²) in [4.78, 5) is 3.30. The molecular formula is C12H16N2OS. The molecular weight excluding hydrogens is 220 g/mol. The maximum Gasteiger partial charge on any atom is 0.128 e. The van der Waals surface area contributed by atoms with E-state index in [2.05, 4.69) is 23.3 Å². The first kappa shape index (κ1) is 11.5. The van der Waals surface area contributed by atoms with E-state index in [1.165, 1.54) is 4.90 Å². The third-order valence-corrected chi connectivity index (χ3v) is 3.43. The Labute approximate surface area is 100 Å². The summed E-state index contributed by atoms with van der Waals surface area (Å²) in [7, 11) is 0. The number of hydrogen-bond donors (Lipinski definition) is 1. The number of thioether (sulfide) groups is 1. The minimum atomic E-state index is 0.607. The molecule has 4 heteroatoms. The fourth-order valence-corrected chi connectivity index (χ4v) is 2.13. The van der Waals surface area contributed by atoms with Crippen LogP contribution in [-0.2, 0) is 4.74 Å². The average molecular weight is 236 g/mol. The molecule has 0 amide bonds. The fraction of sp³-hybridized carbons (Fsp3) is 0.417. The summed E-state index contributed by atoms with van der Waals surface area (Å²) in [6.45, 7) is 3.10. The van der Waals surface area contributed by atoms with Gasteiger partial charge in [0.25, 0.3) is 0 Å². The molecule has 16 heavy (non-hydrogen) atoms. The molecule has 1 aliphatic rings. The monoisotopic (exact) mass is 236 g/mol. The number of rotatable bonds is 2. The molecule has 0 saturated carbocycles. The van der Waals surface area contributed by atoms with Crippen LogP contribution in [0.5, 0.6) is 0 Å². The zero-order valence-electron chi connectivity index (χ0n) is 9.40. The Morgan fingerprint density at radius 3 is 2.44 bits per heavy atom. The van der Waals surface area contributed by atoms with Crippen LogP contribution in [-0.4, -0.2) is 43.3 Å². The lowest BCUT2D eigenvalue weighted by Crippen LogP contribution is -2.40. The Balaban J connectivity index is 2.07. The molecule has 1 fully saturated rings. The molecule has 86 valence electrons. The molecule has 1 heterocycles. The van der Waals surface area contributed by atoms with E-state index < -0.39 is 0 Å². The Morgan fingerprint density at radius 2 is 1.88 bits per heavy atom. The van der Waals surface area contributed by atoms with Gasteiger partial charge in [0.05, 0.1) is 13.2 Å². The molecule has 1 aromatic carbocycles. The summed E-state index contributed by atoms with van der Waals surface area (Å²) in [5.41, 5.74) is 0.986. The number of hydrogen-bond acceptors (Lipinski definition) is 3. The van der Waals surface area contributed by atoms with E-state index in [1.54, 1.807) is 11.8 Å². The standard InChI is InChI=1S/C12H16N2OS/c1-16-11-4-2-10(3-5-11)12(13)14-6-8-15-9-7-14/h2-5,13H,6-9H2,1H3. The summed E-state index contributed by atoms with van der Waals surface area (Å²) in [5, 5.41) is 8.12. The van der Waals surface area contributed by atoms with Gasteiger partial charge in [-0.05, 0) is 18.4 Å². The molecule has 0 aromatic heterocycles. The van der Waals surface area contributed by atoms with Crippen LogP contribution in [0.3, 0.4) is 0 Å². The van der Waals surface area contributed by atoms with Gasteiger partial charge in [0.15, 0.2) is 0 Å². The van der Waals surface area contributed by atoms with E-state index in [1.807, 2.05) is 12.1 Å². The largest absolute Gasteiger partial charge is 0.378 e. The van der Waals surface area contributed by atoms with Gasteiger partial charge >= 0.3 is 0 Å². The quantitative estimate of drug-likeness (QED) is 0.485. The van der Waals surface area contributed by atoms with Crippen LogP contribution in [0, 0.1) is 5.41 Å². The molecule has 1 aliphatic heterocycles. The van der Waals surface area contributed by atoms with E-state index in [0.717, 1.165) is 31.9 Å². The number of nitrogens with one attached hydrogen (secondary N) is 1. The van der Waals surface area contributed by atoms with Crippen LogP contribution in [0.2, 0.25) is 0 Å². The van der Waals surface area contributed by atoms with Gasteiger partial charge < -0.3 is 9.64 Å². The minimum absolute atomic E-state index is 0.607. The van der Waals surface area contributed by atoms with Crippen LogP contribution in [0.1, 0.15) is 5.56 Å².